The number of rotatable bonds is 2. The van der Waals surface area contributed by atoms with Crippen LogP contribution in [-0.2, 0) is 0 Å². The number of anilines is 2. The van der Waals surface area contributed by atoms with Gasteiger partial charge in [0.25, 0.3) is 0 Å². The molecule has 2 saturated heterocycles. The Morgan fingerprint density at radius 3 is 1.59 bits per heavy atom. The third-order valence-electron chi connectivity index (χ3n) is 4.73. The van der Waals surface area contributed by atoms with E-state index in [1.807, 2.05) is 48.8 Å². The van der Waals surface area contributed by atoms with E-state index in [0.717, 1.165) is 37.8 Å². The molecule has 4 rings (SSSR count). The van der Waals surface area contributed by atoms with Gasteiger partial charge in [-0.3, -0.25) is 0 Å². The van der Waals surface area contributed by atoms with Crippen LogP contribution in [0.2, 0.25) is 0 Å². The van der Waals surface area contributed by atoms with Crippen molar-refractivity contribution in [3.8, 4) is 0 Å². The predicted octanol–water partition coefficient (Wildman–Crippen LogP) is 1.41. The van der Waals surface area contributed by atoms with E-state index in [0.29, 0.717) is 0 Å². The molecule has 0 aromatic carbocycles. The molecule has 0 amide bonds. The van der Waals surface area contributed by atoms with Crippen molar-refractivity contribution in [3.05, 3.63) is 48.8 Å². The van der Waals surface area contributed by atoms with Gasteiger partial charge in [0.05, 0.1) is 6.10 Å². The second kappa shape index (κ2) is 5.57. The number of piperidine rings is 2. The number of aliphatic hydroxyl groups excluding tert-OH is 1. The van der Waals surface area contributed by atoms with Crippen LogP contribution in [0.3, 0.4) is 0 Å². The molecule has 5 heteroatoms. The number of aliphatic hydroxyl groups is 1. The molecule has 0 unspecified atom stereocenters. The van der Waals surface area contributed by atoms with Gasteiger partial charge in [-0.2, -0.15) is 0 Å². The molecule has 0 spiro atoms. The fraction of sp³-hybridized carbons (Fsp3) is 0.412. The second-order valence-electron chi connectivity index (χ2n) is 6.20. The summed E-state index contributed by atoms with van der Waals surface area (Å²) in [5.41, 5.74) is 0. The maximum absolute atomic E-state index is 10.5. The van der Waals surface area contributed by atoms with E-state index in [4.69, 9.17) is 0 Å². The molecule has 2 bridgehead atoms. The topological polar surface area (TPSA) is 52.5 Å². The van der Waals surface area contributed by atoms with E-state index in [2.05, 4.69) is 19.8 Å². The van der Waals surface area contributed by atoms with Crippen LogP contribution in [0, 0.1) is 11.8 Å². The number of hydrogen-bond acceptors (Lipinski definition) is 5. The summed E-state index contributed by atoms with van der Waals surface area (Å²) in [5, 5.41) is 10.5. The van der Waals surface area contributed by atoms with Gasteiger partial charge < -0.3 is 14.9 Å². The molecule has 4 heterocycles. The normalized spacial score (nSPS) is 27.8. The summed E-state index contributed by atoms with van der Waals surface area (Å²) < 4.78 is 0. The van der Waals surface area contributed by atoms with Crippen molar-refractivity contribution >= 4 is 11.6 Å². The quantitative estimate of drug-likeness (QED) is 0.908. The van der Waals surface area contributed by atoms with E-state index in [1.54, 1.807) is 0 Å². The first-order valence-corrected chi connectivity index (χ1v) is 7.81. The minimum atomic E-state index is -0.222. The van der Waals surface area contributed by atoms with Crippen LogP contribution in [0.4, 0.5) is 11.6 Å². The molecule has 2 fully saturated rings. The maximum atomic E-state index is 10.5. The lowest BCUT2D eigenvalue weighted by Gasteiger charge is -2.49. The van der Waals surface area contributed by atoms with E-state index in [9.17, 15) is 5.11 Å². The Morgan fingerprint density at radius 1 is 0.773 bits per heavy atom. The summed E-state index contributed by atoms with van der Waals surface area (Å²) in [6, 6.07) is 12.0. The number of hydrogen-bond donors (Lipinski definition) is 1. The van der Waals surface area contributed by atoms with Crippen molar-refractivity contribution in [2.45, 2.75) is 6.10 Å². The van der Waals surface area contributed by atoms with Gasteiger partial charge in [0.15, 0.2) is 0 Å². The van der Waals surface area contributed by atoms with Gasteiger partial charge in [-0.25, -0.2) is 9.97 Å². The molecule has 0 aliphatic carbocycles. The fourth-order valence-electron chi connectivity index (χ4n) is 3.67. The molecule has 0 radical (unpaired) electrons. The van der Waals surface area contributed by atoms with Crippen molar-refractivity contribution < 1.29 is 5.11 Å². The van der Waals surface area contributed by atoms with Crippen LogP contribution in [0.5, 0.6) is 0 Å². The van der Waals surface area contributed by atoms with Gasteiger partial charge in [0, 0.05) is 50.4 Å². The maximum Gasteiger partial charge on any atom is 0.128 e. The molecule has 0 atom stereocenters. The highest BCUT2D eigenvalue weighted by atomic mass is 16.3. The van der Waals surface area contributed by atoms with E-state index in [-0.39, 0.29) is 17.9 Å². The Kier molecular flexibility index (Phi) is 3.42. The van der Waals surface area contributed by atoms with Crippen LogP contribution in [0.15, 0.2) is 48.8 Å². The molecule has 5 nitrogen and oxygen atoms in total. The summed E-state index contributed by atoms with van der Waals surface area (Å²) in [7, 11) is 0. The molecule has 2 aromatic rings. The minimum Gasteiger partial charge on any atom is -0.392 e. The number of pyridine rings is 2. The number of aromatic nitrogens is 2. The Morgan fingerprint density at radius 2 is 1.23 bits per heavy atom. The molecule has 2 aliphatic heterocycles. The standard InChI is InChI=1S/C17H20N4O/c22-17-13-9-20(15-5-1-3-7-18-15)10-14(17)12-21(11-13)16-6-2-4-8-19-16/h1-8,13-14,17,22H,9-12H2. The first-order chi connectivity index (χ1) is 10.8. The van der Waals surface area contributed by atoms with Crippen LogP contribution in [0.25, 0.3) is 0 Å². The van der Waals surface area contributed by atoms with Gasteiger partial charge in [0.2, 0.25) is 0 Å². The minimum absolute atomic E-state index is 0.222. The SMILES string of the molecule is OC1C2CN(c3ccccn3)CC1CN(c1ccccn1)C2. The summed E-state index contributed by atoms with van der Waals surface area (Å²) in [5.74, 6) is 2.49. The summed E-state index contributed by atoms with van der Waals surface area (Å²) in [6.45, 7) is 3.38. The average molecular weight is 296 g/mol. The van der Waals surface area contributed by atoms with Crippen LogP contribution < -0.4 is 9.80 Å². The first-order valence-electron chi connectivity index (χ1n) is 7.81. The molecule has 2 aromatic heterocycles. The Hall–Kier alpha value is -2.14. The summed E-state index contributed by atoms with van der Waals surface area (Å²) in [6.07, 6.45) is 3.44. The Bertz CT molecular complexity index is 554. The second-order valence-corrected chi connectivity index (χ2v) is 6.20. The van der Waals surface area contributed by atoms with Crippen molar-refractivity contribution in [3.63, 3.8) is 0 Å². The van der Waals surface area contributed by atoms with Gasteiger partial charge >= 0.3 is 0 Å². The van der Waals surface area contributed by atoms with Crippen LogP contribution in [-0.4, -0.2) is 47.4 Å². The van der Waals surface area contributed by atoms with Crippen LogP contribution in [0.1, 0.15) is 0 Å². The molecule has 0 saturated carbocycles. The number of nitrogens with zero attached hydrogens (tertiary/aromatic N) is 4. The smallest absolute Gasteiger partial charge is 0.128 e. The zero-order chi connectivity index (χ0) is 14.9. The number of fused-ring (bicyclic) bond motifs is 2. The van der Waals surface area contributed by atoms with Gasteiger partial charge in [-0.05, 0) is 24.3 Å². The molecular formula is C17H20N4O. The van der Waals surface area contributed by atoms with E-state index < -0.39 is 0 Å². The zero-order valence-electron chi connectivity index (χ0n) is 12.4. The average Bonchev–Trinajstić information content (AvgIpc) is 2.56. The molecular weight excluding hydrogens is 276 g/mol. The van der Waals surface area contributed by atoms with Crippen molar-refractivity contribution in [2.75, 3.05) is 36.0 Å². The van der Waals surface area contributed by atoms with E-state index in [1.165, 1.54) is 0 Å². The molecule has 114 valence electrons. The first kappa shape index (κ1) is 13.5. The lowest BCUT2D eigenvalue weighted by molar-refractivity contribution is 0.0252. The van der Waals surface area contributed by atoms with Crippen molar-refractivity contribution in [1.29, 1.82) is 0 Å². The molecule has 2 aliphatic rings. The van der Waals surface area contributed by atoms with Gasteiger partial charge in [0.1, 0.15) is 11.6 Å². The highest BCUT2D eigenvalue weighted by molar-refractivity contribution is 5.43. The van der Waals surface area contributed by atoms with Gasteiger partial charge in [-0.15, -0.1) is 0 Å². The lowest BCUT2D eigenvalue weighted by Crippen LogP contribution is -2.60. The summed E-state index contributed by atoms with van der Waals surface area (Å²) in [4.78, 5) is 13.5. The predicted molar refractivity (Wildman–Crippen MR) is 85.9 cm³/mol. The monoisotopic (exact) mass is 296 g/mol. The highest BCUT2D eigenvalue weighted by Gasteiger charge is 2.42. The molecule has 1 N–H and O–H groups in total. The van der Waals surface area contributed by atoms with E-state index >= 15 is 0 Å². The third kappa shape index (κ3) is 2.41. The highest BCUT2D eigenvalue weighted by Crippen LogP contribution is 2.32. The van der Waals surface area contributed by atoms with Crippen molar-refractivity contribution in [2.24, 2.45) is 11.8 Å². The lowest BCUT2D eigenvalue weighted by atomic mass is 9.81. The van der Waals surface area contributed by atoms with Crippen LogP contribution >= 0.6 is 0 Å². The third-order valence-corrected chi connectivity index (χ3v) is 4.73. The fourth-order valence-corrected chi connectivity index (χ4v) is 3.67. The van der Waals surface area contributed by atoms with Crippen molar-refractivity contribution in [1.82, 2.24) is 9.97 Å². The molecule has 22 heavy (non-hydrogen) atoms. The largest absolute Gasteiger partial charge is 0.392 e. The van der Waals surface area contributed by atoms with Gasteiger partial charge in [-0.1, -0.05) is 12.1 Å². The zero-order valence-corrected chi connectivity index (χ0v) is 12.4. The Balaban J connectivity index is 1.54. The summed E-state index contributed by atoms with van der Waals surface area (Å²) >= 11 is 0. The Labute approximate surface area is 130 Å².